The Labute approximate surface area is 99.0 Å². The highest BCUT2D eigenvalue weighted by molar-refractivity contribution is 6.32. The minimum atomic E-state index is -0.571. The molecule has 3 nitrogen and oxygen atoms in total. The molecule has 1 N–H and O–H groups in total. The Morgan fingerprint density at radius 2 is 2.38 bits per heavy atom. The smallest absolute Gasteiger partial charge is 0.254 e. The molecule has 1 rings (SSSR count). The fourth-order valence-corrected chi connectivity index (χ4v) is 1.28. The molecule has 16 heavy (non-hydrogen) atoms. The van der Waals surface area contributed by atoms with E-state index >= 15 is 0 Å². The van der Waals surface area contributed by atoms with Crippen LogP contribution in [0.15, 0.2) is 12.3 Å². The third-order valence-electron chi connectivity index (χ3n) is 2.36. The van der Waals surface area contributed by atoms with Gasteiger partial charge >= 0.3 is 0 Å². The van der Waals surface area contributed by atoms with Crippen LogP contribution in [0.25, 0.3) is 0 Å². The Bertz CT molecular complexity index is 384. The first-order valence-electron chi connectivity index (χ1n) is 5.13. The zero-order valence-corrected chi connectivity index (χ0v) is 10.0. The standard InChI is InChI=1S/C11H14ClFN2O/c1-3-7(2)5-15-11(16)9-4-8(13)6-14-10(9)12/h4,6-7H,3,5H2,1-2H3,(H,15,16). The summed E-state index contributed by atoms with van der Waals surface area (Å²) in [5.41, 5.74) is 0.0740. The van der Waals surface area contributed by atoms with Crippen LogP contribution in [0.2, 0.25) is 5.15 Å². The molecule has 0 radical (unpaired) electrons. The molecule has 0 fully saturated rings. The maximum Gasteiger partial charge on any atom is 0.254 e. The number of rotatable bonds is 4. The van der Waals surface area contributed by atoms with Crippen LogP contribution < -0.4 is 5.32 Å². The number of carbonyl (C=O) groups excluding carboxylic acids is 1. The fraction of sp³-hybridized carbons (Fsp3) is 0.455. The van der Waals surface area contributed by atoms with Crippen LogP contribution in [0.3, 0.4) is 0 Å². The number of aromatic nitrogens is 1. The quantitative estimate of drug-likeness (QED) is 0.828. The van der Waals surface area contributed by atoms with Gasteiger partial charge in [0.05, 0.1) is 11.8 Å². The molecule has 5 heteroatoms. The van der Waals surface area contributed by atoms with Crippen molar-refractivity contribution in [1.29, 1.82) is 0 Å². The highest BCUT2D eigenvalue weighted by Crippen LogP contribution is 2.13. The van der Waals surface area contributed by atoms with Gasteiger partial charge in [-0.25, -0.2) is 9.37 Å². The van der Waals surface area contributed by atoms with Crippen molar-refractivity contribution in [3.05, 3.63) is 28.8 Å². The van der Waals surface area contributed by atoms with Gasteiger partial charge in [-0.3, -0.25) is 4.79 Å². The summed E-state index contributed by atoms with van der Waals surface area (Å²) in [7, 11) is 0. The van der Waals surface area contributed by atoms with Crippen LogP contribution in [0.1, 0.15) is 30.6 Å². The van der Waals surface area contributed by atoms with Crippen molar-refractivity contribution in [3.63, 3.8) is 0 Å². The van der Waals surface area contributed by atoms with Gasteiger partial charge in [0, 0.05) is 6.54 Å². The van der Waals surface area contributed by atoms with Crippen molar-refractivity contribution in [2.75, 3.05) is 6.54 Å². The molecule has 88 valence electrons. The highest BCUT2D eigenvalue weighted by Gasteiger charge is 2.12. The fourth-order valence-electron chi connectivity index (χ4n) is 1.09. The van der Waals surface area contributed by atoms with E-state index < -0.39 is 11.7 Å². The second-order valence-corrected chi connectivity index (χ2v) is 4.07. The number of pyridine rings is 1. The second kappa shape index (κ2) is 5.80. The minimum Gasteiger partial charge on any atom is -0.352 e. The summed E-state index contributed by atoms with van der Waals surface area (Å²) in [6.45, 7) is 4.60. The van der Waals surface area contributed by atoms with Crippen molar-refractivity contribution in [2.24, 2.45) is 5.92 Å². The summed E-state index contributed by atoms with van der Waals surface area (Å²) in [6, 6.07) is 1.08. The molecule has 1 atom stereocenters. The maximum atomic E-state index is 12.9. The summed E-state index contributed by atoms with van der Waals surface area (Å²) in [4.78, 5) is 15.2. The number of nitrogens with one attached hydrogen (secondary N) is 1. The van der Waals surface area contributed by atoms with Crippen molar-refractivity contribution >= 4 is 17.5 Å². The van der Waals surface area contributed by atoms with Crippen LogP contribution in [-0.4, -0.2) is 17.4 Å². The molecule has 0 aliphatic rings. The molecule has 1 amide bonds. The number of hydrogen-bond acceptors (Lipinski definition) is 2. The normalized spacial score (nSPS) is 12.2. The second-order valence-electron chi connectivity index (χ2n) is 3.72. The van der Waals surface area contributed by atoms with E-state index in [0.717, 1.165) is 18.7 Å². The molecule has 0 aliphatic heterocycles. The average molecular weight is 245 g/mol. The summed E-state index contributed by atoms with van der Waals surface area (Å²) in [5, 5.41) is 2.70. The minimum absolute atomic E-state index is 0.0167. The van der Waals surface area contributed by atoms with Crippen LogP contribution in [-0.2, 0) is 0 Å². The van der Waals surface area contributed by atoms with E-state index in [4.69, 9.17) is 11.6 Å². The number of carbonyl (C=O) groups is 1. The van der Waals surface area contributed by atoms with Gasteiger partial charge in [-0.05, 0) is 12.0 Å². The van der Waals surface area contributed by atoms with Gasteiger partial charge in [-0.15, -0.1) is 0 Å². The lowest BCUT2D eigenvalue weighted by atomic mass is 10.1. The Kier molecular flexibility index (Phi) is 4.68. The lowest BCUT2D eigenvalue weighted by molar-refractivity contribution is 0.0947. The van der Waals surface area contributed by atoms with Gasteiger partial charge in [0.1, 0.15) is 11.0 Å². The monoisotopic (exact) mass is 244 g/mol. The molecule has 1 aromatic heterocycles. The zero-order chi connectivity index (χ0) is 12.1. The summed E-state index contributed by atoms with van der Waals surface area (Å²) in [5.74, 6) is -0.584. The molecule has 0 aromatic carbocycles. The Balaban J connectivity index is 2.69. The molecule has 1 aromatic rings. The van der Waals surface area contributed by atoms with Gasteiger partial charge in [0.15, 0.2) is 0 Å². The van der Waals surface area contributed by atoms with Gasteiger partial charge in [0.2, 0.25) is 0 Å². The Morgan fingerprint density at radius 1 is 1.69 bits per heavy atom. The first kappa shape index (κ1) is 12.9. The maximum absolute atomic E-state index is 12.9. The van der Waals surface area contributed by atoms with Crippen molar-refractivity contribution in [1.82, 2.24) is 10.3 Å². The largest absolute Gasteiger partial charge is 0.352 e. The number of nitrogens with zero attached hydrogens (tertiary/aromatic N) is 1. The third kappa shape index (κ3) is 3.45. The topological polar surface area (TPSA) is 42.0 Å². The lowest BCUT2D eigenvalue weighted by Gasteiger charge is -2.10. The first-order chi connectivity index (χ1) is 7.54. The Hall–Kier alpha value is -1.16. The lowest BCUT2D eigenvalue weighted by Crippen LogP contribution is -2.28. The molecule has 0 saturated heterocycles. The van der Waals surface area contributed by atoms with E-state index in [0.29, 0.717) is 12.5 Å². The van der Waals surface area contributed by atoms with Crippen LogP contribution in [0.4, 0.5) is 4.39 Å². The van der Waals surface area contributed by atoms with Gasteiger partial charge in [-0.1, -0.05) is 31.9 Å². The molecule has 1 heterocycles. The molecular formula is C11H14ClFN2O. The predicted molar refractivity (Wildman–Crippen MR) is 61.0 cm³/mol. The molecule has 0 saturated carbocycles. The first-order valence-corrected chi connectivity index (χ1v) is 5.51. The van der Waals surface area contributed by atoms with Gasteiger partial charge in [0.25, 0.3) is 5.91 Å². The summed E-state index contributed by atoms with van der Waals surface area (Å²) in [6.07, 6.45) is 1.95. The molecule has 0 bridgehead atoms. The van der Waals surface area contributed by atoms with E-state index in [1.165, 1.54) is 0 Å². The van der Waals surface area contributed by atoms with Crippen LogP contribution in [0.5, 0.6) is 0 Å². The van der Waals surface area contributed by atoms with Gasteiger partial charge < -0.3 is 5.32 Å². The van der Waals surface area contributed by atoms with Crippen molar-refractivity contribution in [3.8, 4) is 0 Å². The SMILES string of the molecule is CCC(C)CNC(=O)c1cc(F)cnc1Cl. The number of halogens is 2. The molecular weight excluding hydrogens is 231 g/mol. The average Bonchev–Trinajstić information content (AvgIpc) is 2.28. The van der Waals surface area contributed by atoms with E-state index in [1.54, 1.807) is 0 Å². The third-order valence-corrected chi connectivity index (χ3v) is 2.66. The zero-order valence-electron chi connectivity index (χ0n) is 9.26. The van der Waals surface area contributed by atoms with E-state index in [1.807, 2.05) is 13.8 Å². The predicted octanol–water partition coefficient (Wildman–Crippen LogP) is 2.65. The summed E-state index contributed by atoms with van der Waals surface area (Å²) < 4.78 is 12.9. The highest BCUT2D eigenvalue weighted by atomic mass is 35.5. The van der Waals surface area contributed by atoms with Crippen molar-refractivity contribution in [2.45, 2.75) is 20.3 Å². The Morgan fingerprint density at radius 3 is 3.00 bits per heavy atom. The van der Waals surface area contributed by atoms with E-state index in [-0.39, 0.29) is 10.7 Å². The number of hydrogen-bond donors (Lipinski definition) is 1. The number of amides is 1. The van der Waals surface area contributed by atoms with Crippen LogP contribution >= 0.6 is 11.6 Å². The summed E-state index contributed by atoms with van der Waals surface area (Å²) >= 11 is 5.70. The van der Waals surface area contributed by atoms with Crippen LogP contribution in [0, 0.1) is 11.7 Å². The van der Waals surface area contributed by atoms with E-state index in [9.17, 15) is 9.18 Å². The molecule has 0 spiro atoms. The molecule has 0 aliphatic carbocycles. The van der Waals surface area contributed by atoms with Gasteiger partial charge in [-0.2, -0.15) is 0 Å². The van der Waals surface area contributed by atoms with E-state index in [2.05, 4.69) is 10.3 Å². The molecule has 1 unspecified atom stereocenters. The van der Waals surface area contributed by atoms with Crippen molar-refractivity contribution < 1.29 is 9.18 Å².